The maximum absolute atomic E-state index is 12.5. The minimum Gasteiger partial charge on any atom is -0.465 e. The molecule has 2 aliphatic carbocycles. The van der Waals surface area contributed by atoms with Gasteiger partial charge >= 0.3 is 5.97 Å². The summed E-state index contributed by atoms with van der Waals surface area (Å²) in [7, 11) is 0. The van der Waals surface area contributed by atoms with Gasteiger partial charge in [0.1, 0.15) is 0 Å². The van der Waals surface area contributed by atoms with Gasteiger partial charge in [-0.25, -0.2) is 0 Å². The van der Waals surface area contributed by atoms with Crippen LogP contribution in [-0.4, -0.2) is 12.6 Å². The van der Waals surface area contributed by atoms with E-state index in [1.165, 1.54) is 57.8 Å². The number of hydrogen-bond donors (Lipinski definition) is 0. The van der Waals surface area contributed by atoms with Crippen LogP contribution in [0, 0.1) is 29.1 Å². The lowest BCUT2D eigenvalue weighted by Crippen LogP contribution is -2.31. The first kappa shape index (κ1) is 19.8. The van der Waals surface area contributed by atoms with Crippen molar-refractivity contribution in [3.63, 3.8) is 0 Å². The summed E-state index contributed by atoms with van der Waals surface area (Å²) < 4.78 is 5.76. The van der Waals surface area contributed by atoms with Crippen molar-refractivity contribution in [3.05, 3.63) is 0 Å². The molecular formula is C22H40O2. The van der Waals surface area contributed by atoms with Crippen molar-refractivity contribution >= 4 is 5.97 Å². The highest BCUT2D eigenvalue weighted by Gasteiger charge is 2.32. The van der Waals surface area contributed by atoms with Gasteiger partial charge < -0.3 is 4.74 Å². The van der Waals surface area contributed by atoms with Crippen LogP contribution >= 0.6 is 0 Å². The second kappa shape index (κ2) is 9.25. The maximum Gasteiger partial charge on any atom is 0.308 e. The Balaban J connectivity index is 1.68. The second-order valence-electron chi connectivity index (χ2n) is 9.54. The van der Waals surface area contributed by atoms with E-state index in [-0.39, 0.29) is 17.3 Å². The molecule has 2 heteroatoms. The van der Waals surface area contributed by atoms with Gasteiger partial charge in [-0.05, 0) is 56.3 Å². The minimum absolute atomic E-state index is 0.0927. The van der Waals surface area contributed by atoms with Crippen molar-refractivity contribution in [2.24, 2.45) is 29.1 Å². The average molecular weight is 337 g/mol. The smallest absolute Gasteiger partial charge is 0.308 e. The van der Waals surface area contributed by atoms with Crippen LogP contribution in [0.5, 0.6) is 0 Å². The van der Waals surface area contributed by atoms with Gasteiger partial charge in [-0.2, -0.15) is 0 Å². The third kappa shape index (κ3) is 6.08. The van der Waals surface area contributed by atoms with Crippen molar-refractivity contribution in [1.82, 2.24) is 0 Å². The SMILES string of the molecule is CC(C)CCC(C)C1CCC(C(=O)OCC2(C)CCCCC2)CC1. The van der Waals surface area contributed by atoms with E-state index in [9.17, 15) is 4.79 Å². The lowest BCUT2D eigenvalue weighted by atomic mass is 9.74. The van der Waals surface area contributed by atoms with Crippen LogP contribution in [0.3, 0.4) is 0 Å². The zero-order valence-corrected chi connectivity index (χ0v) is 16.6. The van der Waals surface area contributed by atoms with Crippen molar-refractivity contribution < 1.29 is 9.53 Å². The topological polar surface area (TPSA) is 26.3 Å². The van der Waals surface area contributed by atoms with Crippen LogP contribution in [0.2, 0.25) is 0 Å². The molecule has 140 valence electrons. The highest BCUT2D eigenvalue weighted by atomic mass is 16.5. The predicted molar refractivity (Wildman–Crippen MR) is 101 cm³/mol. The molecule has 1 unspecified atom stereocenters. The van der Waals surface area contributed by atoms with Crippen LogP contribution in [0.1, 0.15) is 98.3 Å². The monoisotopic (exact) mass is 336 g/mol. The maximum atomic E-state index is 12.5. The first-order valence-corrected chi connectivity index (χ1v) is 10.6. The summed E-state index contributed by atoms with van der Waals surface area (Å²) in [6.07, 6.45) is 13.6. The van der Waals surface area contributed by atoms with E-state index >= 15 is 0 Å². The quantitative estimate of drug-likeness (QED) is 0.504. The molecule has 0 aromatic carbocycles. The molecule has 0 aliphatic heterocycles. The second-order valence-corrected chi connectivity index (χ2v) is 9.54. The normalized spacial score (nSPS) is 28.5. The number of carbonyl (C=O) groups excluding carboxylic acids is 1. The van der Waals surface area contributed by atoms with Gasteiger partial charge in [-0.3, -0.25) is 4.79 Å². The number of carbonyl (C=O) groups is 1. The van der Waals surface area contributed by atoms with Crippen LogP contribution in [0.15, 0.2) is 0 Å². The summed E-state index contributed by atoms with van der Waals surface area (Å²) >= 11 is 0. The van der Waals surface area contributed by atoms with Crippen LogP contribution in [0.4, 0.5) is 0 Å². The number of hydrogen-bond acceptors (Lipinski definition) is 2. The van der Waals surface area contributed by atoms with E-state index in [0.29, 0.717) is 6.61 Å². The van der Waals surface area contributed by atoms with E-state index < -0.39 is 0 Å². The molecule has 0 N–H and O–H groups in total. The van der Waals surface area contributed by atoms with Gasteiger partial charge in [0.2, 0.25) is 0 Å². The zero-order chi connectivity index (χ0) is 17.6. The molecule has 24 heavy (non-hydrogen) atoms. The molecule has 0 aromatic heterocycles. The summed E-state index contributed by atoms with van der Waals surface area (Å²) in [4.78, 5) is 12.5. The Morgan fingerprint density at radius 3 is 2.21 bits per heavy atom. The minimum atomic E-state index is 0.0927. The summed E-state index contributed by atoms with van der Waals surface area (Å²) in [6, 6.07) is 0. The Morgan fingerprint density at radius 2 is 1.62 bits per heavy atom. The standard InChI is InChI=1S/C22H40O2/c1-17(2)8-9-18(3)19-10-12-20(13-11-19)21(23)24-16-22(4)14-6-5-7-15-22/h17-20H,5-16H2,1-4H3. The van der Waals surface area contributed by atoms with Crippen LogP contribution in [-0.2, 0) is 9.53 Å². The molecule has 0 saturated heterocycles. The van der Waals surface area contributed by atoms with Crippen molar-refractivity contribution in [3.8, 4) is 0 Å². The van der Waals surface area contributed by atoms with Crippen molar-refractivity contribution in [1.29, 1.82) is 0 Å². The Kier molecular flexibility index (Phi) is 7.62. The molecule has 2 saturated carbocycles. The fourth-order valence-electron chi connectivity index (χ4n) is 4.67. The van der Waals surface area contributed by atoms with Crippen molar-refractivity contribution in [2.75, 3.05) is 6.61 Å². The fraction of sp³-hybridized carbons (Fsp3) is 0.955. The van der Waals surface area contributed by atoms with E-state index in [2.05, 4.69) is 27.7 Å². The third-order valence-electron chi connectivity index (χ3n) is 6.73. The Bertz CT molecular complexity index is 373. The molecule has 0 radical (unpaired) electrons. The number of rotatable bonds is 7. The fourth-order valence-corrected chi connectivity index (χ4v) is 4.67. The lowest BCUT2D eigenvalue weighted by Gasteiger charge is -2.35. The van der Waals surface area contributed by atoms with Crippen molar-refractivity contribution in [2.45, 2.75) is 98.3 Å². The Morgan fingerprint density at radius 1 is 1.00 bits per heavy atom. The van der Waals surface area contributed by atoms with E-state index in [0.717, 1.165) is 30.6 Å². The van der Waals surface area contributed by atoms with E-state index in [1.54, 1.807) is 0 Å². The Hall–Kier alpha value is -0.530. The number of esters is 1. The van der Waals surface area contributed by atoms with Crippen LogP contribution < -0.4 is 0 Å². The highest BCUT2D eigenvalue weighted by molar-refractivity contribution is 5.72. The van der Waals surface area contributed by atoms with E-state index in [4.69, 9.17) is 4.74 Å². The molecule has 1 atom stereocenters. The predicted octanol–water partition coefficient (Wildman–Crippen LogP) is 6.38. The third-order valence-corrected chi connectivity index (χ3v) is 6.73. The van der Waals surface area contributed by atoms with Gasteiger partial charge in [0.25, 0.3) is 0 Å². The van der Waals surface area contributed by atoms with Gasteiger partial charge in [0, 0.05) is 5.41 Å². The first-order valence-electron chi connectivity index (χ1n) is 10.6. The highest BCUT2D eigenvalue weighted by Crippen LogP contribution is 2.38. The molecule has 0 bridgehead atoms. The summed E-state index contributed by atoms with van der Waals surface area (Å²) in [5, 5.41) is 0. The summed E-state index contributed by atoms with van der Waals surface area (Å²) in [5.74, 6) is 2.70. The molecular weight excluding hydrogens is 296 g/mol. The number of ether oxygens (including phenoxy) is 1. The molecule has 0 aromatic rings. The molecule has 0 heterocycles. The molecule has 2 fully saturated rings. The molecule has 0 amide bonds. The molecule has 2 aliphatic rings. The summed E-state index contributed by atoms with van der Waals surface area (Å²) in [5.41, 5.74) is 0.247. The zero-order valence-electron chi connectivity index (χ0n) is 16.6. The van der Waals surface area contributed by atoms with Gasteiger partial charge in [-0.1, -0.05) is 59.8 Å². The largest absolute Gasteiger partial charge is 0.465 e. The molecule has 2 rings (SSSR count). The van der Waals surface area contributed by atoms with E-state index in [1.807, 2.05) is 0 Å². The average Bonchev–Trinajstić information content (AvgIpc) is 2.58. The van der Waals surface area contributed by atoms with Gasteiger partial charge in [0.05, 0.1) is 12.5 Å². The molecule has 2 nitrogen and oxygen atoms in total. The Labute approximate surface area is 150 Å². The van der Waals surface area contributed by atoms with Gasteiger partial charge in [-0.15, -0.1) is 0 Å². The lowest BCUT2D eigenvalue weighted by molar-refractivity contribution is -0.154. The first-order chi connectivity index (χ1) is 11.4. The van der Waals surface area contributed by atoms with Gasteiger partial charge in [0.15, 0.2) is 0 Å². The summed E-state index contributed by atoms with van der Waals surface area (Å²) in [6.45, 7) is 9.98. The molecule has 0 spiro atoms. The van der Waals surface area contributed by atoms with Crippen LogP contribution in [0.25, 0.3) is 0 Å².